The van der Waals surface area contributed by atoms with Crippen LogP contribution in [-0.2, 0) is 7.05 Å². The van der Waals surface area contributed by atoms with E-state index in [1.807, 2.05) is 19.4 Å². The van der Waals surface area contributed by atoms with E-state index < -0.39 is 0 Å². The molecular formula is C14H20N4O. The van der Waals surface area contributed by atoms with Crippen molar-refractivity contribution in [3.63, 3.8) is 0 Å². The van der Waals surface area contributed by atoms with Gasteiger partial charge in [0.05, 0.1) is 19.0 Å². The van der Waals surface area contributed by atoms with Crippen molar-refractivity contribution < 1.29 is 4.74 Å². The van der Waals surface area contributed by atoms with Crippen LogP contribution in [0.3, 0.4) is 0 Å². The molecule has 0 amide bonds. The Morgan fingerprint density at radius 2 is 2.16 bits per heavy atom. The predicted octanol–water partition coefficient (Wildman–Crippen LogP) is 2.70. The van der Waals surface area contributed by atoms with E-state index in [1.54, 1.807) is 18.0 Å². The lowest BCUT2D eigenvalue weighted by Crippen LogP contribution is -2.04. The van der Waals surface area contributed by atoms with Crippen LogP contribution in [0.2, 0.25) is 0 Å². The maximum Gasteiger partial charge on any atom is 0.237 e. The van der Waals surface area contributed by atoms with Crippen molar-refractivity contribution in [2.45, 2.75) is 19.8 Å². The standard InChI is InChI=1S/C14H20N4O/c1-4-5-6-15-13-7-11(8-16-14(13)19-3)12-9-17-18(2)10-12/h7-10,15H,4-6H2,1-3H3. The molecule has 0 saturated carbocycles. The molecule has 1 N–H and O–H groups in total. The van der Waals surface area contributed by atoms with E-state index in [0.29, 0.717) is 5.88 Å². The van der Waals surface area contributed by atoms with E-state index in [2.05, 4.69) is 28.4 Å². The molecule has 5 nitrogen and oxygen atoms in total. The minimum Gasteiger partial charge on any atom is -0.480 e. The third-order valence-electron chi connectivity index (χ3n) is 2.93. The molecule has 0 aliphatic heterocycles. The number of rotatable bonds is 6. The fourth-order valence-electron chi connectivity index (χ4n) is 1.87. The van der Waals surface area contributed by atoms with Crippen molar-refractivity contribution in [2.75, 3.05) is 19.0 Å². The number of pyridine rings is 1. The monoisotopic (exact) mass is 260 g/mol. The molecule has 0 bridgehead atoms. The highest BCUT2D eigenvalue weighted by molar-refractivity contribution is 5.68. The van der Waals surface area contributed by atoms with Gasteiger partial charge in [-0.25, -0.2) is 4.98 Å². The zero-order chi connectivity index (χ0) is 13.7. The molecule has 0 aliphatic carbocycles. The second-order valence-electron chi connectivity index (χ2n) is 4.46. The van der Waals surface area contributed by atoms with E-state index in [9.17, 15) is 0 Å². The highest BCUT2D eigenvalue weighted by Gasteiger charge is 2.08. The van der Waals surface area contributed by atoms with E-state index in [0.717, 1.165) is 36.2 Å². The van der Waals surface area contributed by atoms with Crippen molar-refractivity contribution in [1.29, 1.82) is 0 Å². The molecule has 2 aromatic rings. The van der Waals surface area contributed by atoms with Gasteiger partial charge in [-0.15, -0.1) is 0 Å². The Morgan fingerprint density at radius 3 is 2.79 bits per heavy atom. The SMILES string of the molecule is CCCCNc1cc(-c2cnn(C)c2)cnc1OC. The maximum atomic E-state index is 5.28. The van der Waals surface area contributed by atoms with Gasteiger partial charge in [-0.3, -0.25) is 4.68 Å². The summed E-state index contributed by atoms with van der Waals surface area (Å²) in [6.07, 6.45) is 7.89. The van der Waals surface area contributed by atoms with Gasteiger partial charge < -0.3 is 10.1 Å². The smallest absolute Gasteiger partial charge is 0.237 e. The summed E-state index contributed by atoms with van der Waals surface area (Å²) in [6.45, 7) is 3.09. The summed E-state index contributed by atoms with van der Waals surface area (Å²) in [5.41, 5.74) is 3.02. The second kappa shape index (κ2) is 6.22. The van der Waals surface area contributed by atoms with Crippen LogP contribution in [0, 0.1) is 0 Å². The number of aromatic nitrogens is 3. The highest BCUT2D eigenvalue weighted by atomic mass is 16.5. The van der Waals surface area contributed by atoms with Crippen molar-refractivity contribution >= 4 is 5.69 Å². The number of nitrogens with zero attached hydrogens (tertiary/aromatic N) is 3. The minimum atomic E-state index is 0.628. The summed E-state index contributed by atoms with van der Waals surface area (Å²) < 4.78 is 7.06. The zero-order valence-corrected chi connectivity index (χ0v) is 11.7. The van der Waals surface area contributed by atoms with Gasteiger partial charge in [0.1, 0.15) is 0 Å². The second-order valence-corrected chi connectivity index (χ2v) is 4.46. The topological polar surface area (TPSA) is 52.0 Å². The Labute approximate surface area is 113 Å². The average molecular weight is 260 g/mol. The van der Waals surface area contributed by atoms with Crippen LogP contribution in [0.5, 0.6) is 5.88 Å². The van der Waals surface area contributed by atoms with Crippen molar-refractivity contribution in [1.82, 2.24) is 14.8 Å². The van der Waals surface area contributed by atoms with Gasteiger partial charge >= 0.3 is 0 Å². The van der Waals surface area contributed by atoms with Crippen LogP contribution in [0.4, 0.5) is 5.69 Å². The molecule has 0 aliphatic rings. The highest BCUT2D eigenvalue weighted by Crippen LogP contribution is 2.27. The van der Waals surface area contributed by atoms with Gasteiger partial charge in [0, 0.05) is 37.1 Å². The van der Waals surface area contributed by atoms with Crippen LogP contribution in [0.25, 0.3) is 11.1 Å². The first-order chi connectivity index (χ1) is 9.24. The fraction of sp³-hybridized carbons (Fsp3) is 0.429. The van der Waals surface area contributed by atoms with Crippen LogP contribution in [-0.4, -0.2) is 28.4 Å². The molecule has 0 saturated heterocycles. The largest absolute Gasteiger partial charge is 0.480 e. The summed E-state index contributed by atoms with van der Waals surface area (Å²) in [4.78, 5) is 4.34. The Morgan fingerprint density at radius 1 is 1.32 bits per heavy atom. The van der Waals surface area contributed by atoms with Gasteiger partial charge in [-0.1, -0.05) is 13.3 Å². The van der Waals surface area contributed by atoms with Gasteiger partial charge in [0.15, 0.2) is 0 Å². The van der Waals surface area contributed by atoms with Crippen LogP contribution in [0.15, 0.2) is 24.7 Å². The third kappa shape index (κ3) is 3.24. The number of methoxy groups -OCH3 is 1. The molecule has 2 aromatic heterocycles. The Hall–Kier alpha value is -2.04. The molecule has 0 unspecified atom stereocenters. The lowest BCUT2D eigenvalue weighted by Gasteiger charge is -2.11. The number of unbranched alkanes of at least 4 members (excludes halogenated alkanes) is 1. The molecule has 2 rings (SSSR count). The Bertz CT molecular complexity index is 536. The predicted molar refractivity (Wildman–Crippen MR) is 76.4 cm³/mol. The average Bonchev–Trinajstić information content (AvgIpc) is 2.85. The molecule has 5 heteroatoms. The Kier molecular flexibility index (Phi) is 4.39. The lowest BCUT2D eigenvalue weighted by atomic mass is 10.1. The van der Waals surface area contributed by atoms with Crippen molar-refractivity contribution in [3.05, 3.63) is 24.7 Å². The van der Waals surface area contributed by atoms with E-state index in [1.165, 1.54) is 0 Å². The van der Waals surface area contributed by atoms with Crippen LogP contribution >= 0.6 is 0 Å². The first kappa shape index (κ1) is 13.4. The van der Waals surface area contributed by atoms with Crippen molar-refractivity contribution in [2.24, 2.45) is 7.05 Å². The first-order valence-electron chi connectivity index (χ1n) is 6.51. The molecular weight excluding hydrogens is 240 g/mol. The lowest BCUT2D eigenvalue weighted by molar-refractivity contribution is 0.400. The molecule has 2 heterocycles. The number of aryl methyl sites for hydroxylation is 1. The number of nitrogens with one attached hydrogen (secondary N) is 1. The molecule has 19 heavy (non-hydrogen) atoms. The van der Waals surface area contributed by atoms with E-state index >= 15 is 0 Å². The minimum absolute atomic E-state index is 0.628. The number of ether oxygens (including phenoxy) is 1. The summed E-state index contributed by atoms with van der Waals surface area (Å²) >= 11 is 0. The molecule has 0 aromatic carbocycles. The maximum absolute atomic E-state index is 5.28. The molecule has 0 spiro atoms. The summed E-state index contributed by atoms with van der Waals surface area (Å²) in [5.74, 6) is 0.628. The molecule has 0 radical (unpaired) electrons. The van der Waals surface area contributed by atoms with E-state index in [4.69, 9.17) is 4.74 Å². The van der Waals surface area contributed by atoms with Crippen molar-refractivity contribution in [3.8, 4) is 17.0 Å². The molecule has 0 fully saturated rings. The summed E-state index contributed by atoms with van der Waals surface area (Å²) in [7, 11) is 3.54. The quantitative estimate of drug-likeness (QED) is 0.811. The normalized spacial score (nSPS) is 10.5. The number of hydrogen-bond donors (Lipinski definition) is 1. The van der Waals surface area contributed by atoms with Crippen LogP contribution < -0.4 is 10.1 Å². The van der Waals surface area contributed by atoms with Gasteiger partial charge in [0.2, 0.25) is 5.88 Å². The van der Waals surface area contributed by atoms with Gasteiger partial charge in [0.25, 0.3) is 0 Å². The van der Waals surface area contributed by atoms with Gasteiger partial charge in [-0.05, 0) is 12.5 Å². The molecule has 0 atom stereocenters. The Balaban J connectivity index is 2.24. The third-order valence-corrected chi connectivity index (χ3v) is 2.93. The fourth-order valence-corrected chi connectivity index (χ4v) is 1.87. The molecule has 102 valence electrons. The number of anilines is 1. The number of hydrogen-bond acceptors (Lipinski definition) is 4. The van der Waals surface area contributed by atoms with E-state index in [-0.39, 0.29) is 0 Å². The first-order valence-corrected chi connectivity index (χ1v) is 6.51. The summed E-state index contributed by atoms with van der Waals surface area (Å²) in [5, 5.41) is 7.55. The zero-order valence-electron chi connectivity index (χ0n) is 11.7. The van der Waals surface area contributed by atoms with Crippen LogP contribution in [0.1, 0.15) is 19.8 Å². The van der Waals surface area contributed by atoms with Gasteiger partial charge in [-0.2, -0.15) is 5.10 Å². The summed E-state index contributed by atoms with van der Waals surface area (Å²) in [6, 6.07) is 2.05.